The summed E-state index contributed by atoms with van der Waals surface area (Å²) in [5.74, 6) is 0.948. The number of halogens is 1. The van der Waals surface area contributed by atoms with Crippen molar-refractivity contribution in [1.82, 2.24) is 29.5 Å². The number of piperazine rings is 1. The predicted molar refractivity (Wildman–Crippen MR) is 147 cm³/mol. The molecule has 2 aliphatic rings. The van der Waals surface area contributed by atoms with Gasteiger partial charge in [0.2, 0.25) is 0 Å². The van der Waals surface area contributed by atoms with Gasteiger partial charge in [0.05, 0.1) is 11.4 Å². The number of benzene rings is 2. The first-order valence-corrected chi connectivity index (χ1v) is 13.6. The Morgan fingerprint density at radius 1 is 0.921 bits per heavy atom. The maximum atomic E-state index is 15.4. The smallest absolute Gasteiger partial charge is 0.164 e. The molecular weight excluding hydrogens is 481 g/mol. The standard InChI is InChI=1S/C29H34FN7O/c1-2-35-14-16-36(17-15-35)20-8-10-21(11-9-20)37-29-26(28(31)32-19-33-29)27(34-37)24-13-12-23(18-25(24)30)38-22-6-4-3-5-7-22/h3-7,12-13,18-21H,2,8-11,14-17H2,1H3,(H2,31,32,33). The van der Waals surface area contributed by atoms with Crippen molar-refractivity contribution in [3.05, 3.63) is 60.7 Å². The van der Waals surface area contributed by atoms with Crippen molar-refractivity contribution in [2.45, 2.75) is 44.7 Å². The molecule has 1 saturated carbocycles. The quantitative estimate of drug-likeness (QED) is 0.381. The summed E-state index contributed by atoms with van der Waals surface area (Å²) in [6, 6.07) is 15.0. The number of para-hydroxylation sites is 1. The first kappa shape index (κ1) is 24.8. The van der Waals surface area contributed by atoms with Crippen LogP contribution in [0.2, 0.25) is 0 Å². The van der Waals surface area contributed by atoms with Crippen LogP contribution in [0, 0.1) is 5.82 Å². The molecule has 1 saturated heterocycles. The molecule has 0 unspecified atom stereocenters. The van der Waals surface area contributed by atoms with Crippen LogP contribution in [0.5, 0.6) is 11.5 Å². The number of nitrogens with two attached hydrogens (primary N) is 1. The van der Waals surface area contributed by atoms with Crippen LogP contribution in [0.4, 0.5) is 10.2 Å². The highest BCUT2D eigenvalue weighted by molar-refractivity contribution is 5.98. The molecule has 0 bridgehead atoms. The van der Waals surface area contributed by atoms with E-state index < -0.39 is 5.82 Å². The summed E-state index contributed by atoms with van der Waals surface area (Å²) in [6.07, 6.45) is 5.71. The van der Waals surface area contributed by atoms with Crippen molar-refractivity contribution >= 4 is 16.9 Å². The average molecular weight is 516 g/mol. The van der Waals surface area contributed by atoms with Crippen molar-refractivity contribution in [3.63, 3.8) is 0 Å². The van der Waals surface area contributed by atoms with E-state index in [1.807, 2.05) is 35.0 Å². The molecule has 2 fully saturated rings. The zero-order chi connectivity index (χ0) is 26.1. The molecule has 3 heterocycles. The minimum absolute atomic E-state index is 0.192. The second-order valence-electron chi connectivity index (χ2n) is 10.2. The van der Waals surface area contributed by atoms with Gasteiger partial charge in [-0.25, -0.2) is 19.0 Å². The minimum atomic E-state index is -0.428. The third-order valence-electron chi connectivity index (χ3n) is 8.08. The van der Waals surface area contributed by atoms with Crippen molar-refractivity contribution in [1.29, 1.82) is 0 Å². The maximum Gasteiger partial charge on any atom is 0.164 e. The number of anilines is 1. The first-order chi connectivity index (χ1) is 18.6. The number of aromatic nitrogens is 4. The number of hydrogen-bond acceptors (Lipinski definition) is 7. The van der Waals surface area contributed by atoms with Gasteiger partial charge < -0.3 is 15.4 Å². The molecule has 38 heavy (non-hydrogen) atoms. The summed E-state index contributed by atoms with van der Waals surface area (Å²) in [6.45, 7) is 7.96. The van der Waals surface area contributed by atoms with Crippen LogP contribution in [-0.2, 0) is 0 Å². The van der Waals surface area contributed by atoms with Gasteiger partial charge in [0, 0.05) is 43.9 Å². The molecule has 2 aromatic carbocycles. The Kier molecular flexibility index (Phi) is 6.95. The van der Waals surface area contributed by atoms with E-state index in [-0.39, 0.29) is 6.04 Å². The van der Waals surface area contributed by atoms with E-state index in [1.165, 1.54) is 12.4 Å². The second-order valence-corrected chi connectivity index (χ2v) is 10.2. The largest absolute Gasteiger partial charge is 0.457 e. The highest BCUT2D eigenvalue weighted by Crippen LogP contribution is 2.38. The maximum absolute atomic E-state index is 15.4. The van der Waals surface area contributed by atoms with Crippen molar-refractivity contribution < 1.29 is 9.13 Å². The summed E-state index contributed by atoms with van der Waals surface area (Å²) >= 11 is 0. The van der Waals surface area contributed by atoms with E-state index in [0.717, 1.165) is 58.4 Å². The van der Waals surface area contributed by atoms with Crippen LogP contribution >= 0.6 is 0 Å². The molecule has 1 aliphatic carbocycles. The van der Waals surface area contributed by atoms with Gasteiger partial charge in [-0.2, -0.15) is 5.10 Å². The van der Waals surface area contributed by atoms with E-state index in [9.17, 15) is 0 Å². The molecular formula is C29H34FN7O. The van der Waals surface area contributed by atoms with Crippen LogP contribution in [0.3, 0.4) is 0 Å². The van der Waals surface area contributed by atoms with Crippen molar-refractivity contribution in [2.75, 3.05) is 38.5 Å². The van der Waals surface area contributed by atoms with Gasteiger partial charge in [-0.05, 0) is 56.5 Å². The number of nitrogen functional groups attached to an aromatic ring is 1. The monoisotopic (exact) mass is 515 g/mol. The minimum Gasteiger partial charge on any atom is -0.457 e. The summed E-state index contributed by atoms with van der Waals surface area (Å²) in [5, 5.41) is 5.51. The molecule has 4 aromatic rings. The van der Waals surface area contributed by atoms with Crippen LogP contribution in [0.1, 0.15) is 38.6 Å². The lowest BCUT2D eigenvalue weighted by Gasteiger charge is -2.41. The Balaban J connectivity index is 1.24. The van der Waals surface area contributed by atoms with Gasteiger partial charge >= 0.3 is 0 Å². The summed E-state index contributed by atoms with van der Waals surface area (Å²) < 4.78 is 23.2. The highest BCUT2D eigenvalue weighted by atomic mass is 19.1. The van der Waals surface area contributed by atoms with E-state index in [4.69, 9.17) is 15.6 Å². The molecule has 0 atom stereocenters. The molecule has 0 amide bonds. The molecule has 8 nitrogen and oxygen atoms in total. The van der Waals surface area contributed by atoms with Gasteiger partial charge in [0.15, 0.2) is 5.65 Å². The topological polar surface area (TPSA) is 85.3 Å². The molecule has 1 aliphatic heterocycles. The van der Waals surface area contributed by atoms with Gasteiger partial charge in [-0.3, -0.25) is 4.90 Å². The van der Waals surface area contributed by atoms with E-state index in [1.54, 1.807) is 12.1 Å². The first-order valence-electron chi connectivity index (χ1n) is 13.6. The number of fused-ring (bicyclic) bond motifs is 1. The number of nitrogens with zero attached hydrogens (tertiary/aromatic N) is 6. The fraction of sp³-hybridized carbons (Fsp3) is 0.414. The Bertz CT molecular complexity index is 1390. The molecule has 9 heteroatoms. The van der Waals surface area contributed by atoms with Gasteiger partial charge in [-0.1, -0.05) is 25.1 Å². The highest BCUT2D eigenvalue weighted by Gasteiger charge is 2.31. The Morgan fingerprint density at radius 3 is 2.37 bits per heavy atom. The molecule has 198 valence electrons. The molecule has 0 spiro atoms. The van der Waals surface area contributed by atoms with Gasteiger partial charge in [0.1, 0.15) is 35.2 Å². The number of ether oxygens (including phenoxy) is 1. The number of likely N-dealkylation sites (N-methyl/N-ethyl adjacent to an activating group) is 1. The summed E-state index contributed by atoms with van der Waals surface area (Å²) in [5.41, 5.74) is 7.79. The van der Waals surface area contributed by atoms with E-state index in [0.29, 0.717) is 45.6 Å². The average Bonchev–Trinajstić information content (AvgIpc) is 3.34. The summed E-state index contributed by atoms with van der Waals surface area (Å²) in [4.78, 5) is 13.9. The van der Waals surface area contributed by atoms with Crippen LogP contribution in [-0.4, -0.2) is 68.3 Å². The third kappa shape index (κ3) is 4.83. The van der Waals surface area contributed by atoms with Crippen molar-refractivity contribution in [2.24, 2.45) is 0 Å². The third-order valence-corrected chi connectivity index (χ3v) is 8.08. The van der Waals surface area contributed by atoms with E-state index in [2.05, 4.69) is 26.7 Å². The lowest BCUT2D eigenvalue weighted by molar-refractivity contribution is 0.0732. The van der Waals surface area contributed by atoms with E-state index >= 15 is 4.39 Å². The van der Waals surface area contributed by atoms with Crippen LogP contribution in [0.25, 0.3) is 22.3 Å². The Morgan fingerprint density at radius 2 is 1.66 bits per heavy atom. The van der Waals surface area contributed by atoms with Crippen LogP contribution in [0.15, 0.2) is 54.9 Å². The normalized spacial score (nSPS) is 21.1. The SMILES string of the molecule is CCN1CCN(C2CCC(n3nc(-c4ccc(Oc5ccccc5)cc4F)c4c(N)ncnc43)CC2)CC1. The molecule has 0 radical (unpaired) electrons. The second kappa shape index (κ2) is 10.7. The Hall–Kier alpha value is -3.56. The number of hydrogen-bond donors (Lipinski definition) is 1. The fourth-order valence-corrected chi connectivity index (χ4v) is 5.93. The summed E-state index contributed by atoms with van der Waals surface area (Å²) in [7, 11) is 0. The molecule has 6 rings (SSSR count). The zero-order valence-electron chi connectivity index (χ0n) is 21.8. The molecule has 2 aromatic heterocycles. The predicted octanol–water partition coefficient (Wildman–Crippen LogP) is 5.13. The van der Waals surface area contributed by atoms with Gasteiger partial charge in [0.25, 0.3) is 0 Å². The van der Waals surface area contributed by atoms with Crippen LogP contribution < -0.4 is 10.5 Å². The van der Waals surface area contributed by atoms with Gasteiger partial charge in [-0.15, -0.1) is 0 Å². The van der Waals surface area contributed by atoms with Crippen molar-refractivity contribution in [3.8, 4) is 22.8 Å². The zero-order valence-corrected chi connectivity index (χ0v) is 21.8. The number of rotatable bonds is 6. The molecule has 2 N–H and O–H groups in total. The lowest BCUT2D eigenvalue weighted by Crippen LogP contribution is -2.51. The fourth-order valence-electron chi connectivity index (χ4n) is 5.93. The Labute approximate surface area is 222 Å². The lowest BCUT2D eigenvalue weighted by atomic mass is 9.90.